The quantitative estimate of drug-likeness (QED) is 0.386. The average molecular weight is 540 g/mol. The van der Waals surface area contributed by atoms with Crippen LogP contribution in [-0.4, -0.2) is 54.6 Å². The van der Waals surface area contributed by atoms with Gasteiger partial charge in [0, 0.05) is 56.6 Å². The number of hydrogen-bond donors (Lipinski definition) is 1. The standard InChI is InChI=1S/C29H32F3N5O2/c30-29(31,32)22-3-10-28(34-18-22)37-14-12-36(13-15-37)25-17-27(20-33-19-25)39-26-8-6-24(7-9-26)35-23-4-1-21(2-5-23)11-16-38/h1-5,10,16-20,24,26,35H,6-9,11-15H2/t24-,26-. The van der Waals surface area contributed by atoms with Crippen molar-refractivity contribution in [3.05, 3.63) is 72.2 Å². The lowest BCUT2D eigenvalue weighted by molar-refractivity contribution is -0.137. The first kappa shape index (κ1) is 26.8. The van der Waals surface area contributed by atoms with Crippen LogP contribution < -0.4 is 19.9 Å². The van der Waals surface area contributed by atoms with Gasteiger partial charge in [-0.15, -0.1) is 0 Å². The summed E-state index contributed by atoms with van der Waals surface area (Å²) in [5.41, 5.74) is 2.32. The van der Waals surface area contributed by atoms with Crippen LogP contribution in [0, 0.1) is 0 Å². The number of pyridine rings is 2. The number of anilines is 3. The van der Waals surface area contributed by atoms with Crippen LogP contribution in [0.25, 0.3) is 0 Å². The zero-order chi connectivity index (χ0) is 27.2. The van der Waals surface area contributed by atoms with E-state index in [9.17, 15) is 18.0 Å². The van der Waals surface area contributed by atoms with Crippen LogP contribution in [-0.2, 0) is 17.4 Å². The molecule has 1 saturated carbocycles. The molecule has 1 N–H and O–H groups in total. The number of carbonyl (C=O) groups excluding carboxylic acids is 1. The maximum Gasteiger partial charge on any atom is 0.417 e. The van der Waals surface area contributed by atoms with E-state index in [1.54, 1.807) is 6.20 Å². The van der Waals surface area contributed by atoms with Gasteiger partial charge < -0.3 is 24.6 Å². The Hall–Kier alpha value is -3.82. The highest BCUT2D eigenvalue weighted by atomic mass is 19.4. The van der Waals surface area contributed by atoms with Crippen LogP contribution >= 0.6 is 0 Å². The van der Waals surface area contributed by atoms with Gasteiger partial charge in [-0.05, 0) is 55.5 Å². The molecule has 2 fully saturated rings. The van der Waals surface area contributed by atoms with Crippen LogP contribution in [0.5, 0.6) is 5.75 Å². The predicted molar refractivity (Wildman–Crippen MR) is 144 cm³/mol. The second kappa shape index (κ2) is 11.9. The van der Waals surface area contributed by atoms with E-state index in [1.807, 2.05) is 41.4 Å². The molecule has 5 rings (SSSR count). The number of halogens is 3. The fourth-order valence-corrected chi connectivity index (χ4v) is 5.17. The monoisotopic (exact) mass is 539 g/mol. The van der Waals surface area contributed by atoms with Crippen molar-refractivity contribution in [2.45, 2.75) is 50.4 Å². The van der Waals surface area contributed by atoms with Gasteiger partial charge in [0.05, 0.1) is 29.7 Å². The number of nitrogens with zero attached hydrogens (tertiary/aromatic N) is 4. The van der Waals surface area contributed by atoms with E-state index in [0.29, 0.717) is 44.5 Å². The molecule has 1 aromatic carbocycles. The minimum Gasteiger partial charge on any atom is -0.489 e. The van der Waals surface area contributed by atoms with Crippen LogP contribution in [0.1, 0.15) is 36.8 Å². The Morgan fingerprint density at radius 3 is 2.28 bits per heavy atom. The SMILES string of the molecule is O=CCc1ccc(N[C@H]2CC[C@H](Oc3cncc(N4CCN(c5ccc(C(F)(F)F)cn5)CC4)c3)CC2)cc1. The molecule has 39 heavy (non-hydrogen) atoms. The van der Waals surface area contributed by atoms with Crippen molar-refractivity contribution in [1.29, 1.82) is 0 Å². The summed E-state index contributed by atoms with van der Waals surface area (Å²) < 4.78 is 44.8. The van der Waals surface area contributed by atoms with Crippen molar-refractivity contribution >= 4 is 23.5 Å². The number of nitrogens with one attached hydrogen (secondary N) is 1. The van der Waals surface area contributed by atoms with Crippen molar-refractivity contribution in [3.8, 4) is 5.75 Å². The van der Waals surface area contributed by atoms with E-state index >= 15 is 0 Å². The molecule has 3 aromatic rings. The summed E-state index contributed by atoms with van der Waals surface area (Å²) >= 11 is 0. The smallest absolute Gasteiger partial charge is 0.417 e. The Morgan fingerprint density at radius 1 is 0.923 bits per heavy atom. The number of rotatable bonds is 8. The molecule has 0 bridgehead atoms. The largest absolute Gasteiger partial charge is 0.489 e. The molecule has 1 aliphatic carbocycles. The molecule has 10 heteroatoms. The lowest BCUT2D eigenvalue weighted by Gasteiger charge is -2.36. The molecule has 7 nitrogen and oxygen atoms in total. The van der Waals surface area contributed by atoms with Gasteiger partial charge in [0.15, 0.2) is 0 Å². The van der Waals surface area contributed by atoms with Gasteiger partial charge >= 0.3 is 6.18 Å². The molecular formula is C29H32F3N5O2. The number of carbonyl (C=O) groups is 1. The first-order chi connectivity index (χ1) is 18.9. The van der Waals surface area contributed by atoms with E-state index in [4.69, 9.17) is 4.74 Å². The van der Waals surface area contributed by atoms with Crippen molar-refractivity contribution in [2.75, 3.05) is 41.3 Å². The third-order valence-electron chi connectivity index (χ3n) is 7.36. The Balaban J connectivity index is 1.09. The summed E-state index contributed by atoms with van der Waals surface area (Å²) in [6, 6.07) is 12.9. The molecule has 1 aliphatic heterocycles. The van der Waals surface area contributed by atoms with Gasteiger partial charge in [-0.25, -0.2) is 4.98 Å². The van der Waals surface area contributed by atoms with Crippen LogP contribution in [0.15, 0.2) is 61.1 Å². The highest BCUT2D eigenvalue weighted by Gasteiger charge is 2.31. The van der Waals surface area contributed by atoms with E-state index in [0.717, 1.165) is 66.9 Å². The van der Waals surface area contributed by atoms with Crippen LogP contribution in [0.2, 0.25) is 0 Å². The zero-order valence-corrected chi connectivity index (χ0v) is 21.6. The molecule has 3 heterocycles. The Bertz CT molecular complexity index is 1220. The topological polar surface area (TPSA) is 70.6 Å². The maximum absolute atomic E-state index is 12.8. The van der Waals surface area contributed by atoms with Crippen molar-refractivity contribution < 1.29 is 22.7 Å². The molecule has 0 amide bonds. The Kier molecular flexibility index (Phi) is 8.18. The number of hydrogen-bond acceptors (Lipinski definition) is 7. The minimum atomic E-state index is -4.38. The fourth-order valence-electron chi connectivity index (χ4n) is 5.17. The van der Waals surface area contributed by atoms with E-state index < -0.39 is 11.7 Å². The summed E-state index contributed by atoms with van der Waals surface area (Å²) in [4.78, 5) is 23.3. The van der Waals surface area contributed by atoms with Crippen LogP contribution in [0.3, 0.4) is 0 Å². The minimum absolute atomic E-state index is 0.137. The van der Waals surface area contributed by atoms with Gasteiger partial charge in [0.25, 0.3) is 0 Å². The summed E-state index contributed by atoms with van der Waals surface area (Å²) in [6.45, 7) is 2.72. The van der Waals surface area contributed by atoms with E-state index in [-0.39, 0.29) is 6.10 Å². The zero-order valence-electron chi connectivity index (χ0n) is 21.6. The molecule has 0 radical (unpaired) electrons. The summed E-state index contributed by atoms with van der Waals surface area (Å²) in [5.74, 6) is 1.30. The van der Waals surface area contributed by atoms with Gasteiger partial charge in [0.2, 0.25) is 0 Å². The van der Waals surface area contributed by atoms with Crippen molar-refractivity contribution in [2.24, 2.45) is 0 Å². The summed E-state index contributed by atoms with van der Waals surface area (Å²) in [7, 11) is 0. The first-order valence-electron chi connectivity index (χ1n) is 13.3. The van der Waals surface area contributed by atoms with Crippen molar-refractivity contribution in [1.82, 2.24) is 9.97 Å². The molecular weight excluding hydrogens is 507 g/mol. The molecule has 1 saturated heterocycles. The summed E-state index contributed by atoms with van der Waals surface area (Å²) in [6.07, 6.45) is 5.48. The number of benzene rings is 1. The number of piperazine rings is 1. The first-order valence-corrected chi connectivity index (χ1v) is 13.3. The molecule has 206 valence electrons. The highest BCUT2D eigenvalue weighted by molar-refractivity contribution is 5.56. The molecule has 2 aliphatic rings. The van der Waals surface area contributed by atoms with E-state index in [2.05, 4.69) is 20.2 Å². The normalized spacial score (nSPS) is 20.0. The van der Waals surface area contributed by atoms with Gasteiger partial charge in [-0.1, -0.05) is 12.1 Å². The van der Waals surface area contributed by atoms with Crippen molar-refractivity contribution in [3.63, 3.8) is 0 Å². The van der Waals surface area contributed by atoms with Gasteiger partial charge in [-0.3, -0.25) is 4.98 Å². The maximum atomic E-state index is 12.8. The second-order valence-corrected chi connectivity index (χ2v) is 10.1. The van der Waals surface area contributed by atoms with E-state index in [1.165, 1.54) is 6.07 Å². The second-order valence-electron chi connectivity index (χ2n) is 10.1. The molecule has 0 spiro atoms. The third-order valence-corrected chi connectivity index (χ3v) is 7.36. The summed E-state index contributed by atoms with van der Waals surface area (Å²) in [5, 5.41) is 3.59. The van der Waals surface area contributed by atoms with Crippen LogP contribution in [0.4, 0.5) is 30.4 Å². The average Bonchev–Trinajstić information content (AvgIpc) is 2.95. The molecule has 0 unspecified atom stereocenters. The highest BCUT2D eigenvalue weighted by Crippen LogP contribution is 2.31. The number of aldehydes is 1. The number of alkyl halides is 3. The lowest BCUT2D eigenvalue weighted by Crippen LogP contribution is -2.46. The Labute approximate surface area is 226 Å². The number of aromatic nitrogens is 2. The Morgan fingerprint density at radius 2 is 1.64 bits per heavy atom. The van der Waals surface area contributed by atoms with Gasteiger partial charge in [-0.2, -0.15) is 13.2 Å². The molecule has 2 aromatic heterocycles. The number of ether oxygens (including phenoxy) is 1. The molecule has 0 atom stereocenters. The fraction of sp³-hybridized carbons (Fsp3) is 0.414. The third kappa shape index (κ3) is 6.99. The lowest BCUT2D eigenvalue weighted by atomic mass is 9.92. The predicted octanol–water partition coefficient (Wildman–Crippen LogP) is 5.37. The van der Waals surface area contributed by atoms with Gasteiger partial charge in [0.1, 0.15) is 17.9 Å².